The van der Waals surface area contributed by atoms with Gasteiger partial charge >= 0.3 is 0 Å². The second-order valence-corrected chi connectivity index (χ2v) is 7.58. The first kappa shape index (κ1) is 18.3. The first-order valence-corrected chi connectivity index (χ1v) is 9.75. The van der Waals surface area contributed by atoms with Crippen LogP contribution in [0.1, 0.15) is 21.8 Å². The highest BCUT2D eigenvalue weighted by Gasteiger charge is 2.21. The van der Waals surface area contributed by atoms with Crippen LogP contribution in [0.15, 0.2) is 41.3 Å². The minimum absolute atomic E-state index is 0.282. The highest BCUT2D eigenvalue weighted by molar-refractivity contribution is 7.71. The lowest BCUT2D eigenvalue weighted by Gasteiger charge is -2.01. The van der Waals surface area contributed by atoms with Crippen molar-refractivity contribution in [2.75, 3.05) is 5.32 Å². The van der Waals surface area contributed by atoms with Crippen LogP contribution < -0.4 is 5.32 Å². The zero-order chi connectivity index (χ0) is 19.8. The number of rotatable bonds is 5. The van der Waals surface area contributed by atoms with E-state index in [9.17, 15) is 4.79 Å². The van der Waals surface area contributed by atoms with Gasteiger partial charge in [0.25, 0.3) is 5.91 Å². The van der Waals surface area contributed by atoms with Crippen molar-refractivity contribution in [3.05, 3.63) is 58.7 Å². The molecule has 0 bridgehead atoms. The molecule has 9 heteroatoms. The average molecular weight is 412 g/mol. The molecule has 3 aromatic heterocycles. The zero-order valence-electron chi connectivity index (χ0n) is 15.3. The topological polar surface area (TPSA) is 88.7 Å². The Kier molecular flexibility index (Phi) is 4.70. The van der Waals surface area contributed by atoms with Crippen LogP contribution >= 0.6 is 23.6 Å². The number of nitrogens with zero attached hydrogens (tertiary/aromatic N) is 3. The van der Waals surface area contributed by atoms with Gasteiger partial charge in [-0.1, -0.05) is 35.6 Å². The van der Waals surface area contributed by atoms with Gasteiger partial charge in [-0.2, -0.15) is 5.10 Å². The second kappa shape index (κ2) is 7.17. The third kappa shape index (κ3) is 3.08. The monoisotopic (exact) mass is 411 g/mol. The van der Waals surface area contributed by atoms with Gasteiger partial charge in [-0.25, -0.2) is 4.98 Å². The average Bonchev–Trinajstić information content (AvgIpc) is 3.32. The van der Waals surface area contributed by atoms with E-state index in [1.54, 1.807) is 6.08 Å². The molecule has 2 N–H and O–H groups in total. The maximum atomic E-state index is 12.7. The van der Waals surface area contributed by atoms with Gasteiger partial charge in [-0.15, -0.1) is 6.58 Å². The van der Waals surface area contributed by atoms with Crippen LogP contribution in [-0.4, -0.2) is 25.7 Å². The number of thiazole rings is 1. The molecule has 0 fully saturated rings. The number of para-hydroxylation sites is 1. The van der Waals surface area contributed by atoms with Crippen molar-refractivity contribution in [1.82, 2.24) is 19.7 Å². The molecule has 0 saturated carbocycles. The number of nitrogens with one attached hydrogen (secondary N) is 2. The van der Waals surface area contributed by atoms with Crippen molar-refractivity contribution < 1.29 is 9.21 Å². The number of benzene rings is 1. The van der Waals surface area contributed by atoms with Gasteiger partial charge in [0.2, 0.25) is 0 Å². The lowest BCUT2D eigenvalue weighted by Crippen LogP contribution is -2.11. The Morgan fingerprint density at radius 1 is 1.43 bits per heavy atom. The minimum atomic E-state index is -0.334. The van der Waals surface area contributed by atoms with Crippen LogP contribution in [0.2, 0.25) is 0 Å². The first-order valence-electron chi connectivity index (χ1n) is 8.53. The molecule has 0 aliphatic rings. The van der Waals surface area contributed by atoms with Crippen molar-refractivity contribution in [3.63, 3.8) is 0 Å². The van der Waals surface area contributed by atoms with E-state index in [0.29, 0.717) is 27.9 Å². The van der Waals surface area contributed by atoms with Gasteiger partial charge in [-0.05, 0) is 32.1 Å². The van der Waals surface area contributed by atoms with E-state index in [1.165, 1.54) is 11.3 Å². The van der Waals surface area contributed by atoms with Crippen LogP contribution in [0.5, 0.6) is 0 Å². The summed E-state index contributed by atoms with van der Waals surface area (Å²) in [6.07, 6.45) is 1.75. The molecular weight excluding hydrogens is 394 g/mol. The summed E-state index contributed by atoms with van der Waals surface area (Å²) < 4.78 is 8.06. The quantitative estimate of drug-likeness (QED) is 0.361. The molecular formula is C19H17N5O2S2. The van der Waals surface area contributed by atoms with Gasteiger partial charge in [-0.3, -0.25) is 19.8 Å². The van der Waals surface area contributed by atoms with Gasteiger partial charge in [0.1, 0.15) is 5.58 Å². The SMILES string of the molecule is C=CCn1c(-c2sc(NC(=O)c3oc4ccccc4c3C)nc2C)n[nH]c1=S. The maximum absolute atomic E-state index is 12.7. The summed E-state index contributed by atoms with van der Waals surface area (Å²) in [6.45, 7) is 8.01. The zero-order valence-corrected chi connectivity index (χ0v) is 16.9. The van der Waals surface area contributed by atoms with Crippen LogP contribution in [0.25, 0.3) is 21.7 Å². The minimum Gasteiger partial charge on any atom is -0.451 e. The van der Waals surface area contributed by atoms with Gasteiger partial charge in [0.05, 0.1) is 10.6 Å². The van der Waals surface area contributed by atoms with E-state index >= 15 is 0 Å². The number of amides is 1. The van der Waals surface area contributed by atoms with Crippen molar-refractivity contribution in [3.8, 4) is 10.7 Å². The molecule has 0 atom stereocenters. The molecule has 4 rings (SSSR count). The molecule has 3 heterocycles. The second-order valence-electron chi connectivity index (χ2n) is 6.19. The number of hydrogen-bond donors (Lipinski definition) is 2. The van der Waals surface area contributed by atoms with E-state index < -0.39 is 0 Å². The van der Waals surface area contributed by atoms with Crippen molar-refractivity contribution >= 4 is 45.6 Å². The lowest BCUT2D eigenvalue weighted by molar-refractivity contribution is 0.0998. The number of hydrogen-bond acceptors (Lipinski definition) is 6. The number of furan rings is 1. The van der Waals surface area contributed by atoms with Crippen LogP contribution in [0.4, 0.5) is 5.13 Å². The predicted molar refractivity (Wildman–Crippen MR) is 112 cm³/mol. The molecule has 0 aliphatic heterocycles. The summed E-state index contributed by atoms with van der Waals surface area (Å²) >= 11 is 6.60. The number of allylic oxidation sites excluding steroid dienone is 1. The normalized spacial score (nSPS) is 11.1. The molecule has 7 nitrogen and oxygen atoms in total. The summed E-state index contributed by atoms with van der Waals surface area (Å²) in [5.74, 6) is 0.615. The van der Waals surface area contributed by atoms with Crippen LogP contribution in [-0.2, 0) is 6.54 Å². The number of aryl methyl sites for hydroxylation is 2. The molecule has 1 aromatic carbocycles. The summed E-state index contributed by atoms with van der Waals surface area (Å²) in [5, 5.41) is 11.3. The van der Waals surface area contributed by atoms with Crippen molar-refractivity contribution in [2.24, 2.45) is 0 Å². The molecule has 142 valence electrons. The highest BCUT2D eigenvalue weighted by atomic mass is 32.1. The first-order chi connectivity index (χ1) is 13.5. The number of aromatic amines is 1. The van der Waals surface area contributed by atoms with Gasteiger partial charge < -0.3 is 4.42 Å². The van der Waals surface area contributed by atoms with Crippen molar-refractivity contribution in [1.29, 1.82) is 0 Å². The van der Waals surface area contributed by atoms with E-state index in [1.807, 2.05) is 42.7 Å². The Labute approximate surface area is 169 Å². The fourth-order valence-electron chi connectivity index (χ4n) is 2.99. The Hall–Kier alpha value is -3.04. The van der Waals surface area contributed by atoms with Crippen LogP contribution in [0, 0.1) is 18.6 Å². The Morgan fingerprint density at radius 3 is 2.96 bits per heavy atom. The number of carbonyl (C=O) groups excluding carboxylic acids is 1. The van der Waals surface area contributed by atoms with Crippen molar-refractivity contribution in [2.45, 2.75) is 20.4 Å². The molecule has 1 amide bonds. The Bertz CT molecular complexity index is 1260. The van der Waals surface area contributed by atoms with Crippen LogP contribution in [0.3, 0.4) is 0 Å². The number of fused-ring (bicyclic) bond motifs is 1. The molecule has 28 heavy (non-hydrogen) atoms. The molecule has 0 spiro atoms. The largest absolute Gasteiger partial charge is 0.451 e. The number of H-pyrrole nitrogens is 1. The van der Waals surface area contributed by atoms with E-state index in [2.05, 4.69) is 27.1 Å². The maximum Gasteiger partial charge on any atom is 0.293 e. The lowest BCUT2D eigenvalue weighted by atomic mass is 10.1. The third-order valence-electron chi connectivity index (χ3n) is 4.34. The highest BCUT2D eigenvalue weighted by Crippen LogP contribution is 2.32. The third-order valence-corrected chi connectivity index (χ3v) is 5.72. The van der Waals surface area contributed by atoms with E-state index in [0.717, 1.165) is 21.5 Å². The van der Waals surface area contributed by atoms with E-state index in [4.69, 9.17) is 16.6 Å². The fourth-order valence-corrected chi connectivity index (χ4v) is 4.16. The fraction of sp³-hybridized carbons (Fsp3) is 0.158. The summed E-state index contributed by atoms with van der Waals surface area (Å²) in [6, 6.07) is 7.56. The molecule has 0 saturated heterocycles. The summed E-state index contributed by atoms with van der Waals surface area (Å²) in [5.41, 5.74) is 2.23. The Morgan fingerprint density at radius 2 is 2.21 bits per heavy atom. The number of aromatic nitrogens is 4. The molecule has 0 radical (unpaired) electrons. The molecule has 0 aliphatic carbocycles. The summed E-state index contributed by atoms with van der Waals surface area (Å²) in [7, 11) is 0. The number of anilines is 1. The number of carbonyl (C=O) groups is 1. The van der Waals surface area contributed by atoms with Gasteiger partial charge in [0.15, 0.2) is 21.5 Å². The van der Waals surface area contributed by atoms with E-state index in [-0.39, 0.29) is 11.7 Å². The molecule has 4 aromatic rings. The van der Waals surface area contributed by atoms with Gasteiger partial charge in [0, 0.05) is 17.5 Å². The predicted octanol–water partition coefficient (Wildman–Crippen LogP) is 4.87. The smallest absolute Gasteiger partial charge is 0.293 e. The Balaban J connectivity index is 1.65. The summed E-state index contributed by atoms with van der Waals surface area (Å²) in [4.78, 5) is 18.0. The standard InChI is InChI=1S/C19H17N5O2S2/c1-4-9-24-16(22-23-19(24)27)15-11(3)20-18(28-15)21-17(25)14-10(2)12-7-5-6-8-13(12)26-14/h4-8H,1,9H2,2-3H3,(H,23,27)(H,20,21,25). The molecule has 0 unspecified atom stereocenters.